The molecule has 0 aliphatic rings. The van der Waals surface area contributed by atoms with Crippen LogP contribution in [0.2, 0.25) is 0 Å². The maximum atomic E-state index is 6.17. The molecule has 1 atom stereocenters. The molecular weight excluding hydrogens is 188 g/mol. The minimum absolute atomic E-state index is 0.0156. The Labute approximate surface area is 91.9 Å². The second-order valence-electron chi connectivity index (χ2n) is 5.58. The van der Waals surface area contributed by atoms with E-state index in [9.17, 15) is 0 Å². The first-order chi connectivity index (χ1) is 6.82. The monoisotopic (exact) mass is 210 g/mol. The third-order valence-electron chi connectivity index (χ3n) is 2.42. The van der Waals surface area contributed by atoms with Crippen molar-refractivity contribution in [3.8, 4) is 0 Å². The zero-order chi connectivity index (χ0) is 11.6. The van der Waals surface area contributed by atoms with Crippen LogP contribution in [0, 0.1) is 11.3 Å². The molecule has 1 heterocycles. The summed E-state index contributed by atoms with van der Waals surface area (Å²) in [5.41, 5.74) is 6.19. The SMILES string of the molecule is CC(C)Cn1cnnc1C(N)C(C)(C)C. The van der Waals surface area contributed by atoms with Gasteiger partial charge in [0.1, 0.15) is 12.2 Å². The Bertz CT molecular complexity index is 309. The quantitative estimate of drug-likeness (QED) is 0.830. The molecule has 0 amide bonds. The summed E-state index contributed by atoms with van der Waals surface area (Å²) in [6, 6.07) is -0.0706. The lowest BCUT2D eigenvalue weighted by Crippen LogP contribution is -2.29. The van der Waals surface area contributed by atoms with Crippen molar-refractivity contribution in [2.45, 2.75) is 47.2 Å². The second kappa shape index (κ2) is 4.31. The summed E-state index contributed by atoms with van der Waals surface area (Å²) in [6.45, 7) is 11.6. The fourth-order valence-electron chi connectivity index (χ4n) is 1.43. The van der Waals surface area contributed by atoms with Gasteiger partial charge in [-0.15, -0.1) is 10.2 Å². The molecule has 4 nitrogen and oxygen atoms in total. The minimum atomic E-state index is -0.0706. The van der Waals surface area contributed by atoms with Gasteiger partial charge in [-0.05, 0) is 11.3 Å². The summed E-state index contributed by atoms with van der Waals surface area (Å²) >= 11 is 0. The van der Waals surface area contributed by atoms with Crippen LogP contribution >= 0.6 is 0 Å². The van der Waals surface area contributed by atoms with Gasteiger partial charge in [-0.3, -0.25) is 0 Å². The van der Waals surface area contributed by atoms with Crippen LogP contribution < -0.4 is 5.73 Å². The van der Waals surface area contributed by atoms with Gasteiger partial charge in [0, 0.05) is 6.54 Å². The molecule has 1 unspecified atom stereocenters. The standard InChI is InChI=1S/C11H22N4/c1-8(2)6-15-7-13-14-10(15)9(12)11(3,4)5/h7-9H,6,12H2,1-5H3. The molecule has 0 bridgehead atoms. The van der Waals surface area contributed by atoms with Gasteiger partial charge in [0.15, 0.2) is 0 Å². The number of nitrogens with zero attached hydrogens (tertiary/aromatic N) is 3. The van der Waals surface area contributed by atoms with Gasteiger partial charge in [0.05, 0.1) is 6.04 Å². The van der Waals surface area contributed by atoms with E-state index in [4.69, 9.17) is 5.73 Å². The molecule has 4 heteroatoms. The van der Waals surface area contributed by atoms with Gasteiger partial charge in [-0.25, -0.2) is 0 Å². The highest BCUT2D eigenvalue weighted by Crippen LogP contribution is 2.29. The van der Waals surface area contributed by atoms with Gasteiger partial charge in [0.2, 0.25) is 0 Å². The number of hydrogen-bond donors (Lipinski definition) is 1. The Morgan fingerprint density at radius 2 is 2.00 bits per heavy atom. The molecule has 15 heavy (non-hydrogen) atoms. The number of aromatic nitrogens is 3. The third kappa shape index (κ3) is 3.02. The zero-order valence-electron chi connectivity index (χ0n) is 10.4. The van der Waals surface area contributed by atoms with Crippen LogP contribution in [0.5, 0.6) is 0 Å². The molecule has 0 saturated heterocycles. The van der Waals surface area contributed by atoms with E-state index in [1.807, 2.05) is 0 Å². The third-order valence-corrected chi connectivity index (χ3v) is 2.42. The van der Waals surface area contributed by atoms with Crippen molar-refractivity contribution in [3.63, 3.8) is 0 Å². The Morgan fingerprint density at radius 3 is 2.47 bits per heavy atom. The first-order valence-electron chi connectivity index (χ1n) is 5.45. The Morgan fingerprint density at radius 1 is 1.40 bits per heavy atom. The maximum Gasteiger partial charge on any atom is 0.150 e. The molecule has 86 valence electrons. The first kappa shape index (κ1) is 12.2. The second-order valence-corrected chi connectivity index (χ2v) is 5.58. The lowest BCUT2D eigenvalue weighted by molar-refractivity contribution is 0.303. The van der Waals surface area contributed by atoms with Crippen LogP contribution in [-0.4, -0.2) is 14.8 Å². The summed E-state index contributed by atoms with van der Waals surface area (Å²) in [7, 11) is 0. The lowest BCUT2D eigenvalue weighted by Gasteiger charge is -2.26. The van der Waals surface area contributed by atoms with Gasteiger partial charge < -0.3 is 10.3 Å². The average Bonchev–Trinajstić information content (AvgIpc) is 2.48. The van der Waals surface area contributed by atoms with Gasteiger partial charge in [-0.1, -0.05) is 34.6 Å². The highest BCUT2D eigenvalue weighted by atomic mass is 15.3. The van der Waals surface area contributed by atoms with Crippen molar-refractivity contribution < 1.29 is 0 Å². The summed E-state index contributed by atoms with van der Waals surface area (Å²) in [4.78, 5) is 0. The van der Waals surface area contributed by atoms with Crippen molar-refractivity contribution in [3.05, 3.63) is 12.2 Å². The van der Waals surface area contributed by atoms with Gasteiger partial charge in [-0.2, -0.15) is 0 Å². The molecular formula is C11H22N4. The topological polar surface area (TPSA) is 56.7 Å². The average molecular weight is 210 g/mol. The van der Waals surface area contributed by atoms with E-state index in [1.165, 1.54) is 0 Å². The van der Waals surface area contributed by atoms with Crippen molar-refractivity contribution >= 4 is 0 Å². The van der Waals surface area contributed by atoms with Crippen molar-refractivity contribution in [1.82, 2.24) is 14.8 Å². The van der Waals surface area contributed by atoms with E-state index < -0.39 is 0 Å². The number of rotatable bonds is 3. The molecule has 0 aromatic carbocycles. The molecule has 0 radical (unpaired) electrons. The molecule has 1 rings (SSSR count). The number of hydrogen-bond acceptors (Lipinski definition) is 3. The minimum Gasteiger partial charge on any atom is -0.321 e. The van der Waals surface area contributed by atoms with E-state index in [-0.39, 0.29) is 11.5 Å². The van der Waals surface area contributed by atoms with Crippen molar-refractivity contribution in [2.75, 3.05) is 0 Å². The first-order valence-corrected chi connectivity index (χ1v) is 5.45. The lowest BCUT2D eigenvalue weighted by atomic mass is 9.87. The highest BCUT2D eigenvalue weighted by Gasteiger charge is 2.26. The fourth-order valence-corrected chi connectivity index (χ4v) is 1.43. The van der Waals surface area contributed by atoms with Crippen LogP contribution in [-0.2, 0) is 6.54 Å². The predicted molar refractivity (Wildman–Crippen MR) is 61.2 cm³/mol. The van der Waals surface area contributed by atoms with E-state index in [2.05, 4.69) is 49.4 Å². The Hall–Kier alpha value is -0.900. The van der Waals surface area contributed by atoms with Crippen LogP contribution in [0.3, 0.4) is 0 Å². The van der Waals surface area contributed by atoms with E-state index in [0.29, 0.717) is 5.92 Å². The van der Waals surface area contributed by atoms with E-state index in [1.54, 1.807) is 6.33 Å². The molecule has 0 aliphatic carbocycles. The van der Waals surface area contributed by atoms with Gasteiger partial charge >= 0.3 is 0 Å². The molecule has 0 aliphatic heterocycles. The van der Waals surface area contributed by atoms with Gasteiger partial charge in [0.25, 0.3) is 0 Å². The van der Waals surface area contributed by atoms with E-state index >= 15 is 0 Å². The maximum absolute atomic E-state index is 6.17. The molecule has 0 spiro atoms. The van der Waals surface area contributed by atoms with E-state index in [0.717, 1.165) is 12.4 Å². The zero-order valence-corrected chi connectivity index (χ0v) is 10.4. The summed E-state index contributed by atoms with van der Waals surface area (Å²) < 4.78 is 2.06. The normalized spacial score (nSPS) is 14.6. The predicted octanol–water partition coefficient (Wildman–Crippen LogP) is 1.98. The molecule has 0 fully saturated rings. The Balaban J connectivity index is 2.90. The summed E-state index contributed by atoms with van der Waals surface area (Å²) in [5.74, 6) is 1.46. The number of nitrogens with two attached hydrogens (primary N) is 1. The molecule has 1 aromatic rings. The molecule has 1 aromatic heterocycles. The van der Waals surface area contributed by atoms with Crippen LogP contribution in [0.4, 0.5) is 0 Å². The van der Waals surface area contributed by atoms with Crippen LogP contribution in [0.25, 0.3) is 0 Å². The van der Waals surface area contributed by atoms with Crippen LogP contribution in [0.15, 0.2) is 6.33 Å². The smallest absolute Gasteiger partial charge is 0.150 e. The van der Waals surface area contributed by atoms with Crippen molar-refractivity contribution in [1.29, 1.82) is 0 Å². The molecule has 2 N–H and O–H groups in total. The highest BCUT2D eigenvalue weighted by molar-refractivity contribution is 4.99. The summed E-state index contributed by atoms with van der Waals surface area (Å²) in [6.07, 6.45) is 1.76. The molecule has 0 saturated carbocycles. The largest absolute Gasteiger partial charge is 0.321 e. The van der Waals surface area contributed by atoms with Crippen molar-refractivity contribution in [2.24, 2.45) is 17.1 Å². The Kier molecular flexibility index (Phi) is 3.50. The summed E-state index contributed by atoms with van der Waals surface area (Å²) in [5, 5.41) is 8.07. The van der Waals surface area contributed by atoms with Crippen LogP contribution in [0.1, 0.15) is 46.5 Å². The fraction of sp³-hybridized carbons (Fsp3) is 0.818.